The molecule has 31 heavy (non-hydrogen) atoms. The number of pyridine rings is 1. The summed E-state index contributed by atoms with van der Waals surface area (Å²) < 4.78 is 18.5. The highest BCUT2D eigenvalue weighted by atomic mass is 19.1. The largest absolute Gasteiger partial charge is 0.496 e. The van der Waals surface area contributed by atoms with Gasteiger partial charge in [0.05, 0.1) is 18.8 Å². The van der Waals surface area contributed by atoms with Crippen LogP contribution < -0.4 is 4.74 Å². The predicted molar refractivity (Wildman–Crippen MR) is 118 cm³/mol. The smallest absolute Gasteiger partial charge is 0.223 e. The molecule has 0 bridgehead atoms. The highest BCUT2D eigenvalue weighted by Crippen LogP contribution is 2.32. The van der Waals surface area contributed by atoms with Gasteiger partial charge < -0.3 is 9.64 Å². The molecule has 1 aromatic heterocycles. The van der Waals surface area contributed by atoms with Crippen molar-refractivity contribution in [3.8, 4) is 5.75 Å². The second-order valence-corrected chi connectivity index (χ2v) is 7.95. The maximum atomic E-state index is 13.1. The number of carbonyl (C=O) groups is 1. The summed E-state index contributed by atoms with van der Waals surface area (Å²) in [6.07, 6.45) is 5.62. The number of hydrogen-bond acceptors (Lipinski definition) is 3. The fourth-order valence-electron chi connectivity index (χ4n) is 4.24. The van der Waals surface area contributed by atoms with Gasteiger partial charge in [0.2, 0.25) is 5.91 Å². The van der Waals surface area contributed by atoms with Gasteiger partial charge >= 0.3 is 0 Å². The molecule has 2 aromatic carbocycles. The van der Waals surface area contributed by atoms with Crippen LogP contribution in [0.4, 0.5) is 4.39 Å². The van der Waals surface area contributed by atoms with Crippen LogP contribution >= 0.6 is 0 Å². The van der Waals surface area contributed by atoms with Gasteiger partial charge in [-0.05, 0) is 66.6 Å². The molecular weight excluding hydrogens is 391 g/mol. The number of carbonyl (C=O) groups excluding carboxylic acids is 1. The van der Waals surface area contributed by atoms with Gasteiger partial charge in [0.15, 0.2) is 0 Å². The van der Waals surface area contributed by atoms with E-state index in [2.05, 4.69) is 11.1 Å². The number of likely N-dealkylation sites (tertiary alicyclic amines) is 1. The van der Waals surface area contributed by atoms with Crippen molar-refractivity contribution >= 4 is 5.91 Å². The first-order chi connectivity index (χ1) is 15.1. The molecule has 1 fully saturated rings. The molecule has 3 aromatic rings. The van der Waals surface area contributed by atoms with E-state index in [9.17, 15) is 9.18 Å². The Balaban J connectivity index is 1.39. The molecule has 5 heteroatoms. The molecule has 1 aliphatic heterocycles. The Kier molecular flexibility index (Phi) is 6.60. The summed E-state index contributed by atoms with van der Waals surface area (Å²) in [5, 5.41) is 0. The standard InChI is InChI=1S/C26H27FN2O2/c1-31-25-7-3-2-5-21(25)11-15-26(30)29-16-4-6-24(29)23-14-10-20(18-28-23)17-19-8-12-22(27)13-9-19/h2-3,5,7-10,12-14,18,24H,4,6,11,15-17H2,1H3. The van der Waals surface area contributed by atoms with E-state index in [1.165, 1.54) is 12.1 Å². The quantitative estimate of drug-likeness (QED) is 0.535. The van der Waals surface area contributed by atoms with Gasteiger partial charge in [-0.1, -0.05) is 36.4 Å². The summed E-state index contributed by atoms with van der Waals surface area (Å²) in [7, 11) is 1.66. The van der Waals surface area contributed by atoms with E-state index < -0.39 is 0 Å². The van der Waals surface area contributed by atoms with E-state index >= 15 is 0 Å². The van der Waals surface area contributed by atoms with Crippen molar-refractivity contribution in [3.05, 3.63) is 95.1 Å². The van der Waals surface area contributed by atoms with Crippen molar-refractivity contribution in [1.82, 2.24) is 9.88 Å². The molecule has 2 heterocycles. The average Bonchev–Trinajstić information content (AvgIpc) is 3.30. The molecule has 1 amide bonds. The third-order valence-electron chi connectivity index (χ3n) is 5.88. The van der Waals surface area contributed by atoms with Gasteiger partial charge in [0, 0.05) is 19.2 Å². The van der Waals surface area contributed by atoms with Crippen LogP contribution in [0.5, 0.6) is 5.75 Å². The number of methoxy groups -OCH3 is 1. The summed E-state index contributed by atoms with van der Waals surface area (Å²) in [6, 6.07) is 18.5. The lowest BCUT2D eigenvalue weighted by Gasteiger charge is -2.24. The third kappa shape index (κ3) is 5.10. The first-order valence-corrected chi connectivity index (χ1v) is 10.7. The Hall–Kier alpha value is -3.21. The number of para-hydroxylation sites is 1. The monoisotopic (exact) mass is 418 g/mol. The molecule has 0 aliphatic carbocycles. The van der Waals surface area contributed by atoms with Gasteiger partial charge in [0.1, 0.15) is 11.6 Å². The number of aromatic nitrogens is 1. The number of hydrogen-bond donors (Lipinski definition) is 0. The van der Waals surface area contributed by atoms with Crippen molar-refractivity contribution in [2.75, 3.05) is 13.7 Å². The molecule has 0 spiro atoms. The number of halogens is 1. The lowest BCUT2D eigenvalue weighted by Crippen LogP contribution is -2.31. The van der Waals surface area contributed by atoms with Crippen LogP contribution in [-0.2, 0) is 17.6 Å². The van der Waals surface area contributed by atoms with Crippen LogP contribution in [-0.4, -0.2) is 29.4 Å². The number of aryl methyl sites for hydroxylation is 1. The van der Waals surface area contributed by atoms with Crippen molar-refractivity contribution < 1.29 is 13.9 Å². The van der Waals surface area contributed by atoms with Crippen LogP contribution in [0.3, 0.4) is 0 Å². The zero-order chi connectivity index (χ0) is 21.6. The molecule has 160 valence electrons. The van der Waals surface area contributed by atoms with Crippen molar-refractivity contribution in [3.63, 3.8) is 0 Å². The first kappa shape index (κ1) is 21.0. The second kappa shape index (κ2) is 9.73. The Morgan fingerprint density at radius 3 is 2.61 bits per heavy atom. The lowest BCUT2D eigenvalue weighted by atomic mass is 10.0. The van der Waals surface area contributed by atoms with E-state index in [4.69, 9.17) is 4.74 Å². The molecule has 1 aliphatic rings. The Morgan fingerprint density at radius 2 is 1.87 bits per heavy atom. The summed E-state index contributed by atoms with van der Waals surface area (Å²) in [5.41, 5.74) is 4.11. The summed E-state index contributed by atoms with van der Waals surface area (Å²) in [4.78, 5) is 19.6. The average molecular weight is 419 g/mol. The van der Waals surface area contributed by atoms with Crippen LogP contribution in [0.2, 0.25) is 0 Å². The fraction of sp³-hybridized carbons (Fsp3) is 0.308. The number of ether oxygens (including phenoxy) is 1. The maximum absolute atomic E-state index is 13.1. The Bertz CT molecular complexity index is 1020. The van der Waals surface area contributed by atoms with Gasteiger partial charge in [-0.2, -0.15) is 0 Å². The maximum Gasteiger partial charge on any atom is 0.223 e. The summed E-state index contributed by atoms with van der Waals surface area (Å²) >= 11 is 0. The highest BCUT2D eigenvalue weighted by Gasteiger charge is 2.30. The first-order valence-electron chi connectivity index (χ1n) is 10.7. The zero-order valence-corrected chi connectivity index (χ0v) is 17.8. The van der Waals surface area contributed by atoms with Crippen molar-refractivity contribution in [1.29, 1.82) is 0 Å². The molecule has 0 N–H and O–H groups in total. The number of amides is 1. The van der Waals surface area contributed by atoms with Crippen LogP contribution in [0.15, 0.2) is 66.9 Å². The third-order valence-corrected chi connectivity index (χ3v) is 5.88. The molecule has 0 saturated carbocycles. The second-order valence-electron chi connectivity index (χ2n) is 7.95. The van der Waals surface area contributed by atoms with Crippen LogP contribution in [0.1, 0.15) is 47.7 Å². The SMILES string of the molecule is COc1ccccc1CCC(=O)N1CCCC1c1ccc(Cc2ccc(F)cc2)cn1. The van der Waals surface area contributed by atoms with Gasteiger partial charge in [-0.15, -0.1) is 0 Å². The van der Waals surface area contributed by atoms with E-state index in [-0.39, 0.29) is 17.8 Å². The van der Waals surface area contributed by atoms with Crippen LogP contribution in [0, 0.1) is 5.82 Å². The Labute approximate surface area is 182 Å². The summed E-state index contributed by atoms with van der Waals surface area (Å²) in [5.74, 6) is 0.756. The highest BCUT2D eigenvalue weighted by molar-refractivity contribution is 5.77. The fourth-order valence-corrected chi connectivity index (χ4v) is 4.24. The minimum absolute atomic E-state index is 0.0324. The van der Waals surface area contributed by atoms with Crippen molar-refractivity contribution in [2.45, 2.75) is 38.1 Å². The lowest BCUT2D eigenvalue weighted by molar-refractivity contribution is -0.132. The van der Waals surface area contributed by atoms with E-state index in [0.29, 0.717) is 19.3 Å². The van der Waals surface area contributed by atoms with E-state index in [0.717, 1.165) is 47.5 Å². The predicted octanol–water partition coefficient (Wildman–Crippen LogP) is 5.12. The number of nitrogens with zero attached hydrogens (tertiary/aromatic N) is 2. The van der Waals surface area contributed by atoms with Gasteiger partial charge in [-0.3, -0.25) is 9.78 Å². The van der Waals surface area contributed by atoms with Gasteiger partial charge in [0.25, 0.3) is 0 Å². The zero-order valence-electron chi connectivity index (χ0n) is 17.8. The topological polar surface area (TPSA) is 42.4 Å². The minimum Gasteiger partial charge on any atom is -0.496 e. The van der Waals surface area contributed by atoms with Crippen LogP contribution in [0.25, 0.3) is 0 Å². The molecule has 1 unspecified atom stereocenters. The van der Waals surface area contributed by atoms with E-state index in [1.807, 2.05) is 41.4 Å². The van der Waals surface area contributed by atoms with Crippen molar-refractivity contribution in [2.24, 2.45) is 0 Å². The van der Waals surface area contributed by atoms with E-state index in [1.54, 1.807) is 19.2 Å². The molecule has 4 rings (SSSR count). The molecule has 4 nitrogen and oxygen atoms in total. The van der Waals surface area contributed by atoms with Gasteiger partial charge in [-0.25, -0.2) is 4.39 Å². The molecule has 1 saturated heterocycles. The number of rotatable bonds is 7. The molecule has 0 radical (unpaired) electrons. The number of benzene rings is 2. The molecule has 1 atom stereocenters. The minimum atomic E-state index is -0.228. The molecular formula is C26H27FN2O2. The Morgan fingerprint density at radius 1 is 1.10 bits per heavy atom. The summed E-state index contributed by atoms with van der Waals surface area (Å²) in [6.45, 7) is 0.772. The normalized spacial score (nSPS) is 15.8.